The van der Waals surface area contributed by atoms with Gasteiger partial charge < -0.3 is 10.6 Å². The summed E-state index contributed by atoms with van der Waals surface area (Å²) in [5.74, 6) is -1.16. The van der Waals surface area contributed by atoms with E-state index in [0.717, 1.165) is 12.1 Å². The van der Waals surface area contributed by atoms with Crippen LogP contribution in [0.4, 0.5) is 11.4 Å². The molecule has 12 heteroatoms. The fourth-order valence-electron chi connectivity index (χ4n) is 2.62. The summed E-state index contributed by atoms with van der Waals surface area (Å²) in [6.45, 7) is 4.53. The summed E-state index contributed by atoms with van der Waals surface area (Å²) >= 11 is 0. The third-order valence-corrected chi connectivity index (χ3v) is 5.96. The zero-order chi connectivity index (χ0) is 24.3. The van der Waals surface area contributed by atoms with Crippen molar-refractivity contribution in [2.75, 3.05) is 10.6 Å². The highest BCUT2D eigenvalue weighted by atomic mass is 32.2. The Morgan fingerprint density at radius 3 is 1.56 bits per heavy atom. The molecular formula is C20H22N2O8S2. The number of carbonyl (C=O) groups excluding carboxylic acids is 2. The summed E-state index contributed by atoms with van der Waals surface area (Å²) in [7, 11) is -9.37. The van der Waals surface area contributed by atoms with Crippen molar-refractivity contribution in [2.24, 2.45) is 5.92 Å². The Labute approximate surface area is 185 Å². The Balaban J connectivity index is 2.53. The summed E-state index contributed by atoms with van der Waals surface area (Å²) in [6, 6.07) is 7.54. The average Bonchev–Trinajstić information content (AvgIpc) is 2.65. The maximum absolute atomic E-state index is 11.9. The SMILES string of the molecule is CC(=O)Nc1ccc(C=Cc2ccc(NC(=O)C(C)C)cc2S(=O)(=O)O)c(S(=O)(=O)O)c1. The van der Waals surface area contributed by atoms with Gasteiger partial charge in [0, 0.05) is 24.2 Å². The monoisotopic (exact) mass is 482 g/mol. The molecule has 0 fully saturated rings. The Morgan fingerprint density at radius 2 is 1.22 bits per heavy atom. The molecule has 2 aromatic rings. The van der Waals surface area contributed by atoms with Crippen LogP contribution >= 0.6 is 0 Å². The molecule has 0 aliphatic heterocycles. The van der Waals surface area contributed by atoms with Crippen LogP contribution in [0.3, 0.4) is 0 Å². The second kappa shape index (κ2) is 9.61. The first-order valence-electron chi connectivity index (χ1n) is 9.18. The summed E-state index contributed by atoms with van der Waals surface area (Å²) in [6.07, 6.45) is 2.44. The number of hydrogen-bond donors (Lipinski definition) is 4. The molecule has 0 aromatic heterocycles. The second-order valence-electron chi connectivity index (χ2n) is 7.11. The molecule has 0 spiro atoms. The third kappa shape index (κ3) is 6.72. The molecule has 2 amide bonds. The van der Waals surface area contributed by atoms with Gasteiger partial charge in [0.05, 0.1) is 0 Å². The van der Waals surface area contributed by atoms with E-state index >= 15 is 0 Å². The van der Waals surface area contributed by atoms with Crippen LogP contribution in [0.1, 0.15) is 31.9 Å². The van der Waals surface area contributed by atoms with Gasteiger partial charge in [-0.05, 0) is 35.4 Å². The van der Waals surface area contributed by atoms with Gasteiger partial charge in [-0.3, -0.25) is 18.7 Å². The van der Waals surface area contributed by atoms with Crippen molar-refractivity contribution in [3.05, 3.63) is 47.5 Å². The molecule has 172 valence electrons. The topological polar surface area (TPSA) is 167 Å². The zero-order valence-electron chi connectivity index (χ0n) is 17.4. The highest BCUT2D eigenvalue weighted by Gasteiger charge is 2.18. The highest BCUT2D eigenvalue weighted by molar-refractivity contribution is 7.86. The van der Waals surface area contributed by atoms with Crippen molar-refractivity contribution in [2.45, 2.75) is 30.6 Å². The molecule has 10 nitrogen and oxygen atoms in total. The van der Waals surface area contributed by atoms with Gasteiger partial charge in [-0.25, -0.2) is 0 Å². The molecule has 4 N–H and O–H groups in total. The number of anilines is 2. The summed E-state index contributed by atoms with van der Waals surface area (Å²) in [5.41, 5.74) is 0.278. The minimum absolute atomic E-state index is 0.0000712. The van der Waals surface area contributed by atoms with Crippen LogP contribution in [0.2, 0.25) is 0 Å². The van der Waals surface area contributed by atoms with Crippen LogP contribution in [0, 0.1) is 5.92 Å². The first kappa shape index (κ1) is 25.2. The number of carbonyl (C=O) groups is 2. The second-order valence-corrected chi connectivity index (χ2v) is 9.89. The number of nitrogens with one attached hydrogen (secondary N) is 2. The molecule has 2 aromatic carbocycles. The fraction of sp³-hybridized carbons (Fsp3) is 0.200. The minimum Gasteiger partial charge on any atom is -0.326 e. The largest absolute Gasteiger partial charge is 0.326 e. The number of amides is 2. The van der Waals surface area contributed by atoms with Gasteiger partial charge in [0.1, 0.15) is 9.79 Å². The Hall–Kier alpha value is -3.06. The molecule has 0 saturated carbocycles. The first-order valence-corrected chi connectivity index (χ1v) is 12.1. The van der Waals surface area contributed by atoms with Crippen LogP contribution in [0.25, 0.3) is 12.2 Å². The molecule has 0 saturated heterocycles. The quantitative estimate of drug-likeness (QED) is 0.345. The van der Waals surface area contributed by atoms with E-state index in [-0.39, 0.29) is 34.3 Å². The number of hydrogen-bond acceptors (Lipinski definition) is 6. The molecule has 0 aliphatic rings. The Kier molecular flexibility index (Phi) is 7.57. The van der Waals surface area contributed by atoms with Crippen LogP contribution in [0.15, 0.2) is 46.2 Å². The normalized spacial score (nSPS) is 12.2. The molecule has 0 radical (unpaired) electrons. The lowest BCUT2D eigenvalue weighted by atomic mass is 10.1. The molecule has 0 aliphatic carbocycles. The smallest absolute Gasteiger partial charge is 0.295 e. The molecule has 0 bridgehead atoms. The molecule has 2 rings (SSSR count). The van der Waals surface area contributed by atoms with Gasteiger partial charge in [0.25, 0.3) is 20.2 Å². The molecular weight excluding hydrogens is 460 g/mol. The third-order valence-electron chi connectivity index (χ3n) is 4.14. The van der Waals surface area contributed by atoms with Crippen molar-refractivity contribution >= 4 is 55.6 Å². The molecule has 0 unspecified atom stereocenters. The predicted octanol–water partition coefficient (Wildman–Crippen LogP) is 2.90. The van der Waals surface area contributed by atoms with Crippen LogP contribution in [-0.4, -0.2) is 37.8 Å². The van der Waals surface area contributed by atoms with E-state index in [1.165, 1.54) is 43.3 Å². The maximum Gasteiger partial charge on any atom is 0.295 e. The predicted molar refractivity (Wildman–Crippen MR) is 119 cm³/mol. The standard InChI is InChI=1S/C20H22N2O8S2/c1-12(2)20(24)22-17-9-7-15(19(11-17)32(28,29)30)5-4-14-6-8-16(21-13(3)23)10-18(14)31(25,26)27/h4-12H,1-3H3,(H,21,23)(H,22,24)(H,25,26,27)(H,28,29,30). The van der Waals surface area contributed by atoms with E-state index in [2.05, 4.69) is 10.6 Å². The number of benzene rings is 2. The fourth-order valence-corrected chi connectivity index (χ4v) is 4.04. The van der Waals surface area contributed by atoms with Gasteiger partial charge in [0.15, 0.2) is 0 Å². The van der Waals surface area contributed by atoms with E-state index in [1.807, 2.05) is 0 Å². The van der Waals surface area contributed by atoms with Crippen LogP contribution in [0.5, 0.6) is 0 Å². The zero-order valence-corrected chi connectivity index (χ0v) is 19.0. The molecule has 32 heavy (non-hydrogen) atoms. The molecule has 0 atom stereocenters. The van der Waals surface area contributed by atoms with Crippen LogP contribution in [-0.2, 0) is 29.8 Å². The van der Waals surface area contributed by atoms with Gasteiger partial charge >= 0.3 is 0 Å². The minimum atomic E-state index is -4.69. The average molecular weight is 483 g/mol. The molecule has 0 heterocycles. The van der Waals surface area contributed by atoms with Crippen molar-refractivity contribution in [1.29, 1.82) is 0 Å². The van der Waals surface area contributed by atoms with Crippen LogP contribution < -0.4 is 10.6 Å². The lowest BCUT2D eigenvalue weighted by molar-refractivity contribution is -0.119. The van der Waals surface area contributed by atoms with Crippen molar-refractivity contribution in [1.82, 2.24) is 0 Å². The highest BCUT2D eigenvalue weighted by Crippen LogP contribution is 2.26. The van der Waals surface area contributed by atoms with Crippen molar-refractivity contribution < 1.29 is 35.5 Å². The van der Waals surface area contributed by atoms with Crippen molar-refractivity contribution in [3.63, 3.8) is 0 Å². The van der Waals surface area contributed by atoms with E-state index < -0.39 is 35.9 Å². The van der Waals surface area contributed by atoms with Gasteiger partial charge in [0.2, 0.25) is 11.8 Å². The van der Waals surface area contributed by atoms with Crippen molar-refractivity contribution in [3.8, 4) is 0 Å². The van der Waals surface area contributed by atoms with E-state index in [9.17, 15) is 35.5 Å². The summed E-state index contributed by atoms with van der Waals surface area (Å²) in [5, 5.41) is 4.91. The Bertz CT molecular complexity index is 1300. The van der Waals surface area contributed by atoms with E-state index in [4.69, 9.17) is 0 Å². The van der Waals surface area contributed by atoms with E-state index in [1.54, 1.807) is 13.8 Å². The van der Waals surface area contributed by atoms with Gasteiger partial charge in [-0.1, -0.05) is 38.1 Å². The summed E-state index contributed by atoms with van der Waals surface area (Å²) in [4.78, 5) is 22.0. The van der Waals surface area contributed by atoms with Gasteiger partial charge in [-0.15, -0.1) is 0 Å². The number of rotatable bonds is 7. The van der Waals surface area contributed by atoms with Gasteiger partial charge in [-0.2, -0.15) is 16.8 Å². The lowest BCUT2D eigenvalue weighted by Gasteiger charge is -2.11. The first-order chi connectivity index (χ1) is 14.7. The summed E-state index contributed by atoms with van der Waals surface area (Å²) < 4.78 is 66.3. The lowest BCUT2D eigenvalue weighted by Crippen LogP contribution is -2.18. The van der Waals surface area contributed by atoms with E-state index in [0.29, 0.717) is 0 Å². The maximum atomic E-state index is 11.9. The Morgan fingerprint density at radius 1 is 0.812 bits per heavy atom.